The van der Waals surface area contributed by atoms with Crippen LogP contribution in [0.2, 0.25) is 5.02 Å². The van der Waals surface area contributed by atoms with Crippen molar-refractivity contribution in [2.45, 2.75) is 44.6 Å². The summed E-state index contributed by atoms with van der Waals surface area (Å²) in [6, 6.07) is 28.5. The highest BCUT2D eigenvalue weighted by Gasteiger charge is 2.33. The van der Waals surface area contributed by atoms with E-state index in [0.717, 1.165) is 61.3 Å². The lowest BCUT2D eigenvalue weighted by atomic mass is 9.88. The van der Waals surface area contributed by atoms with Crippen LogP contribution in [0, 0.1) is 6.92 Å². The van der Waals surface area contributed by atoms with Crippen LogP contribution < -0.4 is 11.6 Å². The molecule has 222 valence electrons. The van der Waals surface area contributed by atoms with E-state index in [9.17, 15) is 4.79 Å². The van der Waals surface area contributed by atoms with E-state index in [2.05, 4.69) is 43.3 Å². The summed E-state index contributed by atoms with van der Waals surface area (Å²) in [5.74, 6) is 6.62. The molecule has 1 amide bonds. The molecule has 7 nitrogen and oxygen atoms in total. The molecule has 3 heterocycles. The van der Waals surface area contributed by atoms with E-state index in [4.69, 9.17) is 32.9 Å². The van der Waals surface area contributed by atoms with Gasteiger partial charge in [0.05, 0.1) is 6.61 Å². The maximum Gasteiger partial charge on any atom is 0.258 e. The quantitative estimate of drug-likeness (QED) is 0.0937. The monoisotopic (exact) mass is 596 g/mol. The number of carbonyl (C=O) groups is 1. The first-order valence-corrected chi connectivity index (χ1v) is 15.1. The van der Waals surface area contributed by atoms with Gasteiger partial charge in [0.1, 0.15) is 6.10 Å². The Morgan fingerprint density at radius 1 is 1.02 bits per heavy atom. The third-order valence-corrected chi connectivity index (χ3v) is 8.30. The van der Waals surface area contributed by atoms with Gasteiger partial charge in [0, 0.05) is 54.0 Å². The highest BCUT2D eigenvalue weighted by atomic mass is 35.5. The largest absolute Gasteiger partial charge is 0.368 e. The molecule has 3 aromatic carbocycles. The third kappa shape index (κ3) is 7.80. The van der Waals surface area contributed by atoms with Crippen LogP contribution in [0.3, 0.4) is 0 Å². The second-order valence-electron chi connectivity index (χ2n) is 11.1. The van der Waals surface area contributed by atoms with Crippen LogP contribution in [0.4, 0.5) is 5.69 Å². The van der Waals surface area contributed by atoms with Crippen LogP contribution in [0.1, 0.15) is 47.6 Å². The minimum atomic E-state index is -0.206. The van der Waals surface area contributed by atoms with E-state index in [-0.39, 0.29) is 12.0 Å². The van der Waals surface area contributed by atoms with Gasteiger partial charge in [0.15, 0.2) is 5.69 Å². The standard InChI is InChI=1S/C28H30ClN5O2.C7H8/c29-23-5-7-26(34(31)18-30)25(16-23)22-4-6-24(32-17-22)15-19-2-1-3-21(14-19)20-8-11-33(12-9-20)28(35)27-10-13-36-27;1-7-5-3-2-4-6-7/h1-7,14,16-18,20,27,30H,8-13,15,31H2;2-6H,1H3/p+1. The van der Waals surface area contributed by atoms with Gasteiger partial charge < -0.3 is 9.64 Å². The van der Waals surface area contributed by atoms with Crippen LogP contribution in [0.15, 0.2) is 91.1 Å². The summed E-state index contributed by atoms with van der Waals surface area (Å²) in [6.45, 7) is 4.38. The van der Waals surface area contributed by atoms with Gasteiger partial charge in [0.25, 0.3) is 12.2 Å². The van der Waals surface area contributed by atoms with Crippen molar-refractivity contribution >= 4 is 29.5 Å². The van der Waals surface area contributed by atoms with Gasteiger partial charge in [-0.25, -0.2) is 0 Å². The number of likely N-dealkylation sites (tertiary alicyclic amines) is 1. The normalized spacial score (nSPS) is 17.0. The molecule has 0 spiro atoms. The van der Waals surface area contributed by atoms with Crippen molar-refractivity contribution in [1.82, 2.24) is 9.88 Å². The lowest BCUT2D eigenvalue weighted by molar-refractivity contribution is -0.447. The molecule has 43 heavy (non-hydrogen) atoms. The van der Waals surface area contributed by atoms with E-state index in [1.54, 1.807) is 6.07 Å². The molecule has 6 rings (SSSR count). The summed E-state index contributed by atoms with van der Waals surface area (Å²) in [5.41, 5.74) is 13.0. The minimum absolute atomic E-state index is 0.160. The summed E-state index contributed by atoms with van der Waals surface area (Å²) in [5, 5.41) is 0.617. The number of carbonyl (C=O) groups excluding carboxylic acids is 1. The highest BCUT2D eigenvalue weighted by molar-refractivity contribution is 6.31. The lowest BCUT2D eigenvalue weighted by Crippen LogP contribution is -2.48. The van der Waals surface area contributed by atoms with Crippen molar-refractivity contribution in [2.24, 2.45) is 11.6 Å². The van der Waals surface area contributed by atoms with Crippen molar-refractivity contribution in [2.75, 3.05) is 19.7 Å². The summed E-state index contributed by atoms with van der Waals surface area (Å²) in [4.78, 5) is 19.1. The number of amides is 1. The van der Waals surface area contributed by atoms with Crippen molar-refractivity contribution in [1.29, 1.82) is 0 Å². The first-order valence-electron chi connectivity index (χ1n) is 14.8. The summed E-state index contributed by atoms with van der Waals surface area (Å²) >= 11 is 6.23. The van der Waals surface area contributed by atoms with Crippen LogP contribution in [0.25, 0.3) is 11.1 Å². The molecule has 8 heteroatoms. The SMILES string of the molecule is Cc1ccccc1.N/C=[N+](\N)c1ccc(Cl)cc1-c1ccc(Cc2cccc(C3CCN(C(=O)C4CCO4)CC3)c2)nc1. The number of aryl methyl sites for hydroxylation is 1. The molecular weight excluding hydrogens is 558 g/mol. The molecular formula is C35H39ClN5O2+. The molecule has 1 atom stereocenters. The molecule has 2 saturated heterocycles. The molecule has 0 saturated carbocycles. The van der Waals surface area contributed by atoms with Gasteiger partial charge in [-0.1, -0.05) is 77.8 Å². The predicted molar refractivity (Wildman–Crippen MR) is 172 cm³/mol. The minimum Gasteiger partial charge on any atom is -0.368 e. The fraction of sp³-hybridized carbons (Fsp3) is 0.286. The average Bonchev–Trinajstić information content (AvgIpc) is 3.01. The number of hydrazine groups is 1. The number of hydrogen-bond acceptors (Lipinski definition) is 4. The van der Waals surface area contributed by atoms with E-state index in [1.165, 1.54) is 27.7 Å². The lowest BCUT2D eigenvalue weighted by Gasteiger charge is -2.36. The summed E-state index contributed by atoms with van der Waals surface area (Å²) < 4.78 is 6.74. The van der Waals surface area contributed by atoms with E-state index < -0.39 is 0 Å². The molecule has 1 aromatic heterocycles. The van der Waals surface area contributed by atoms with Gasteiger partial charge in [0.2, 0.25) is 0 Å². The first-order chi connectivity index (χ1) is 20.9. The smallest absolute Gasteiger partial charge is 0.258 e. The Balaban J connectivity index is 0.000000463. The highest BCUT2D eigenvalue weighted by Crippen LogP contribution is 2.32. The Bertz CT molecular complexity index is 1550. The number of hydrogen-bond donors (Lipinski definition) is 2. The number of halogens is 1. The number of benzene rings is 3. The zero-order valence-electron chi connectivity index (χ0n) is 24.5. The fourth-order valence-electron chi connectivity index (χ4n) is 5.50. The number of rotatable bonds is 6. The van der Waals surface area contributed by atoms with E-state index in [0.29, 0.717) is 17.5 Å². The van der Waals surface area contributed by atoms with Crippen molar-refractivity contribution < 1.29 is 14.2 Å². The number of nitrogens with zero attached hydrogens (tertiary/aromatic N) is 3. The van der Waals surface area contributed by atoms with Crippen LogP contribution in [-0.4, -0.2) is 52.6 Å². The van der Waals surface area contributed by atoms with Crippen molar-refractivity contribution in [3.8, 4) is 11.1 Å². The number of ether oxygens (including phenoxy) is 1. The number of aromatic nitrogens is 1. The molecule has 2 aliphatic heterocycles. The topological polar surface area (TPSA) is 97.5 Å². The number of piperidine rings is 1. The van der Waals surface area contributed by atoms with Gasteiger partial charge >= 0.3 is 0 Å². The molecule has 2 fully saturated rings. The molecule has 1 unspecified atom stereocenters. The molecule has 0 radical (unpaired) electrons. The fourth-order valence-corrected chi connectivity index (χ4v) is 5.67. The second-order valence-corrected chi connectivity index (χ2v) is 11.5. The van der Waals surface area contributed by atoms with Crippen LogP contribution in [-0.2, 0) is 16.0 Å². The van der Waals surface area contributed by atoms with Crippen LogP contribution >= 0.6 is 11.6 Å². The Morgan fingerprint density at radius 3 is 2.40 bits per heavy atom. The summed E-state index contributed by atoms with van der Waals surface area (Å²) in [7, 11) is 0. The van der Waals surface area contributed by atoms with Gasteiger partial charge in [-0.3, -0.25) is 21.4 Å². The van der Waals surface area contributed by atoms with Crippen molar-refractivity contribution in [3.63, 3.8) is 0 Å². The Labute approximate surface area is 258 Å². The summed E-state index contributed by atoms with van der Waals surface area (Å²) in [6.07, 6.45) is 6.51. The number of nitrogens with two attached hydrogens (primary N) is 2. The van der Waals surface area contributed by atoms with E-state index >= 15 is 0 Å². The van der Waals surface area contributed by atoms with Crippen molar-refractivity contribution in [3.05, 3.63) is 119 Å². The molecule has 0 aliphatic carbocycles. The molecule has 4 aromatic rings. The third-order valence-electron chi connectivity index (χ3n) is 8.06. The van der Waals surface area contributed by atoms with Gasteiger partial charge in [-0.05, 0) is 61.1 Å². The zero-order chi connectivity index (χ0) is 30.2. The van der Waals surface area contributed by atoms with E-state index in [1.807, 2.05) is 53.6 Å². The Morgan fingerprint density at radius 2 is 1.79 bits per heavy atom. The molecule has 0 bridgehead atoms. The Kier molecular flexibility index (Phi) is 10.1. The maximum absolute atomic E-state index is 12.5. The molecule has 4 N–H and O–H groups in total. The Hall–Kier alpha value is -4.20. The van der Waals surface area contributed by atoms with Gasteiger partial charge in [-0.2, -0.15) is 0 Å². The zero-order valence-corrected chi connectivity index (χ0v) is 25.3. The first kappa shape index (κ1) is 30.3. The van der Waals surface area contributed by atoms with Crippen LogP contribution in [0.5, 0.6) is 0 Å². The number of pyridine rings is 1. The number of hydrazone groups is 1. The average molecular weight is 597 g/mol. The maximum atomic E-state index is 12.5. The predicted octanol–water partition coefficient (Wildman–Crippen LogP) is 5.99. The van der Waals surface area contributed by atoms with Gasteiger partial charge in [-0.15, -0.1) is 4.68 Å². The second kappa shape index (κ2) is 14.3. The molecule has 2 aliphatic rings.